The molecule has 0 saturated heterocycles. The molecule has 0 radical (unpaired) electrons. The molecule has 0 aromatic rings. The van der Waals surface area contributed by atoms with Crippen LogP contribution in [0.25, 0.3) is 0 Å². The maximum Gasteiger partial charge on any atom is 0.306 e. The number of esters is 3. The Morgan fingerprint density at radius 1 is 0.269 bits per heavy atom. The summed E-state index contributed by atoms with van der Waals surface area (Å²) in [5.74, 6) is -0.975. The molecule has 0 aromatic heterocycles. The molecule has 0 N–H and O–H groups in total. The van der Waals surface area contributed by atoms with Crippen LogP contribution in [0, 0.1) is 0 Å². The largest absolute Gasteiger partial charge is 0.462 e. The summed E-state index contributed by atoms with van der Waals surface area (Å²) in [7, 11) is 0. The van der Waals surface area contributed by atoms with Gasteiger partial charge in [0.25, 0.3) is 0 Å². The average molecular weight is 1080 g/mol. The first-order valence-corrected chi connectivity index (χ1v) is 32.2. The Morgan fingerprint density at radius 3 is 0.833 bits per heavy atom. The van der Waals surface area contributed by atoms with Crippen LogP contribution in [0.5, 0.6) is 0 Å². The van der Waals surface area contributed by atoms with Crippen molar-refractivity contribution in [3.8, 4) is 0 Å². The summed E-state index contributed by atoms with van der Waals surface area (Å²) in [6.45, 7) is 6.36. The molecule has 442 valence electrons. The second-order valence-electron chi connectivity index (χ2n) is 20.9. The Hall–Kier alpha value is -4.45. The first kappa shape index (κ1) is 73.5. The van der Waals surface area contributed by atoms with Crippen molar-refractivity contribution < 1.29 is 28.6 Å². The maximum absolute atomic E-state index is 12.9. The number of unbranched alkanes of at least 4 members (excludes halogenated alkanes) is 24. The molecule has 0 amide bonds. The quantitative estimate of drug-likeness (QED) is 0.0261. The van der Waals surface area contributed by atoms with Gasteiger partial charge in [-0.1, -0.05) is 270 Å². The van der Waals surface area contributed by atoms with E-state index in [1.807, 2.05) is 0 Å². The van der Waals surface area contributed by atoms with Crippen LogP contribution >= 0.6 is 0 Å². The fourth-order valence-electron chi connectivity index (χ4n) is 8.62. The molecule has 6 heteroatoms. The van der Waals surface area contributed by atoms with Crippen LogP contribution in [0.15, 0.2) is 134 Å². The van der Waals surface area contributed by atoms with Crippen molar-refractivity contribution in [2.24, 2.45) is 0 Å². The normalized spacial score (nSPS) is 13.0. The molecule has 1 unspecified atom stereocenters. The molecule has 1 atom stereocenters. The molecule has 0 saturated carbocycles. The van der Waals surface area contributed by atoms with Crippen LogP contribution in [0.4, 0.5) is 0 Å². The zero-order valence-corrected chi connectivity index (χ0v) is 50.6. The SMILES string of the molecule is CC/C=C\C/C=C\C/C=C\C/C=C\C/C=C\CCCCCCCCCCCCCC(=O)OCC(COC(=O)CCCCCCC/C=C\CCCCCCCCC)OC(=O)CCC/C=C\C/C=C\C/C=C\C/C=C\C/C=C\CC. The summed E-state index contributed by atoms with van der Waals surface area (Å²) < 4.78 is 16.9. The monoisotopic (exact) mass is 1080 g/mol. The smallest absolute Gasteiger partial charge is 0.306 e. The molecule has 0 aromatic carbocycles. The van der Waals surface area contributed by atoms with Gasteiger partial charge >= 0.3 is 17.9 Å². The van der Waals surface area contributed by atoms with Crippen LogP contribution in [0.1, 0.15) is 284 Å². The molecule has 0 heterocycles. The van der Waals surface area contributed by atoms with Crippen molar-refractivity contribution in [3.05, 3.63) is 134 Å². The van der Waals surface area contributed by atoms with Gasteiger partial charge in [-0.05, 0) is 128 Å². The Kier molecular flexibility index (Phi) is 61.4. The third-order valence-electron chi connectivity index (χ3n) is 13.4. The minimum atomic E-state index is -0.818. The molecule has 0 spiro atoms. The van der Waals surface area contributed by atoms with E-state index < -0.39 is 6.10 Å². The number of rotatable bonds is 57. The van der Waals surface area contributed by atoms with Crippen molar-refractivity contribution in [2.45, 2.75) is 290 Å². The fourth-order valence-corrected chi connectivity index (χ4v) is 8.62. The Labute approximate surface area is 481 Å². The lowest BCUT2D eigenvalue weighted by molar-refractivity contribution is -0.167. The van der Waals surface area contributed by atoms with Crippen molar-refractivity contribution in [1.82, 2.24) is 0 Å². The Bertz CT molecular complexity index is 1670. The number of hydrogen-bond donors (Lipinski definition) is 0. The molecule has 0 aliphatic rings. The lowest BCUT2D eigenvalue weighted by Gasteiger charge is -2.18. The van der Waals surface area contributed by atoms with Gasteiger partial charge < -0.3 is 14.2 Å². The topological polar surface area (TPSA) is 78.9 Å². The van der Waals surface area contributed by atoms with E-state index in [9.17, 15) is 14.4 Å². The predicted molar refractivity (Wildman–Crippen MR) is 339 cm³/mol. The minimum Gasteiger partial charge on any atom is -0.462 e. The summed E-state index contributed by atoms with van der Waals surface area (Å²) in [6.07, 6.45) is 91.8. The van der Waals surface area contributed by atoms with E-state index in [0.717, 1.165) is 122 Å². The fraction of sp³-hybridized carbons (Fsp3) is 0.653. The second-order valence-corrected chi connectivity index (χ2v) is 20.9. The van der Waals surface area contributed by atoms with Crippen LogP contribution in [0.2, 0.25) is 0 Å². The second kappa shape index (κ2) is 65.1. The van der Waals surface area contributed by atoms with Crippen molar-refractivity contribution in [2.75, 3.05) is 13.2 Å². The molecule has 0 bridgehead atoms. The Balaban J connectivity index is 4.41. The standard InChI is InChI=1S/C72H118O6/c1-4-7-10-13-16-19-22-25-28-31-32-33-34-35-36-37-38-39-40-42-44-47-50-53-56-59-62-65-71(74)77-68-69(67-76-70(73)64-61-58-55-52-49-46-43-30-27-24-21-18-15-12-9-6-3)78-72(75)66-63-60-57-54-51-48-45-41-29-26-23-20-17-14-11-8-5-2/h7-8,10-11,16-17,19-20,25-26,28-30,32-33,35-36,43,45,48,54,57,69H,4-6,9,12-15,18,21-24,27,31,34,37-42,44,46-47,49-53,55-56,58-68H2,1-3H3/b10-7-,11-8-,19-16-,20-17-,28-25-,29-26-,33-32-,36-35-,43-30-,48-45-,57-54-. The maximum atomic E-state index is 12.9. The number of carbonyl (C=O) groups is 3. The summed E-state index contributed by atoms with van der Waals surface area (Å²) >= 11 is 0. The molecule has 0 rings (SSSR count). The van der Waals surface area contributed by atoms with Crippen LogP contribution < -0.4 is 0 Å². The number of ether oxygens (including phenoxy) is 3. The lowest BCUT2D eigenvalue weighted by Crippen LogP contribution is -2.30. The summed E-state index contributed by atoms with van der Waals surface area (Å²) in [6, 6.07) is 0. The minimum absolute atomic E-state index is 0.108. The van der Waals surface area contributed by atoms with E-state index >= 15 is 0 Å². The third-order valence-corrected chi connectivity index (χ3v) is 13.4. The molecule has 0 aliphatic carbocycles. The Morgan fingerprint density at radius 2 is 0.513 bits per heavy atom. The molecule has 0 fully saturated rings. The molecule has 6 nitrogen and oxygen atoms in total. The highest BCUT2D eigenvalue weighted by atomic mass is 16.6. The highest BCUT2D eigenvalue weighted by Crippen LogP contribution is 2.15. The third kappa shape index (κ3) is 62.4. The van der Waals surface area contributed by atoms with E-state index in [2.05, 4.69) is 154 Å². The number of carbonyl (C=O) groups excluding carboxylic acids is 3. The molecular formula is C72H118O6. The van der Waals surface area contributed by atoms with Crippen molar-refractivity contribution in [3.63, 3.8) is 0 Å². The molecule has 78 heavy (non-hydrogen) atoms. The summed E-state index contributed by atoms with van der Waals surface area (Å²) in [5, 5.41) is 0. The van der Waals surface area contributed by atoms with Gasteiger partial charge in [0.05, 0.1) is 0 Å². The van der Waals surface area contributed by atoms with E-state index in [4.69, 9.17) is 14.2 Å². The first-order chi connectivity index (χ1) is 38.5. The summed E-state index contributed by atoms with van der Waals surface area (Å²) in [5.41, 5.74) is 0. The van der Waals surface area contributed by atoms with Gasteiger partial charge in [-0.25, -0.2) is 0 Å². The molecular weight excluding hydrogens is 961 g/mol. The van der Waals surface area contributed by atoms with Crippen LogP contribution in [0.3, 0.4) is 0 Å². The number of allylic oxidation sites excluding steroid dienone is 22. The highest BCUT2D eigenvalue weighted by Gasteiger charge is 2.19. The van der Waals surface area contributed by atoms with Crippen LogP contribution in [-0.2, 0) is 28.6 Å². The zero-order chi connectivity index (χ0) is 56.4. The van der Waals surface area contributed by atoms with Gasteiger partial charge in [-0.3, -0.25) is 14.4 Å². The number of hydrogen-bond acceptors (Lipinski definition) is 6. The zero-order valence-electron chi connectivity index (χ0n) is 50.6. The van der Waals surface area contributed by atoms with E-state index in [0.29, 0.717) is 19.3 Å². The van der Waals surface area contributed by atoms with Gasteiger partial charge in [0.2, 0.25) is 0 Å². The summed E-state index contributed by atoms with van der Waals surface area (Å²) in [4.78, 5) is 38.3. The molecule has 0 aliphatic heterocycles. The van der Waals surface area contributed by atoms with Crippen molar-refractivity contribution in [1.29, 1.82) is 0 Å². The van der Waals surface area contributed by atoms with Gasteiger partial charge in [-0.15, -0.1) is 0 Å². The van der Waals surface area contributed by atoms with Crippen LogP contribution in [-0.4, -0.2) is 37.2 Å². The van der Waals surface area contributed by atoms with E-state index in [1.54, 1.807) is 0 Å². The van der Waals surface area contributed by atoms with Gasteiger partial charge in [0.1, 0.15) is 13.2 Å². The van der Waals surface area contributed by atoms with Gasteiger partial charge in [-0.2, -0.15) is 0 Å². The predicted octanol–water partition coefficient (Wildman–Crippen LogP) is 22.2. The lowest BCUT2D eigenvalue weighted by atomic mass is 10.0. The van der Waals surface area contributed by atoms with E-state index in [1.165, 1.54) is 116 Å². The van der Waals surface area contributed by atoms with Gasteiger partial charge in [0, 0.05) is 19.3 Å². The average Bonchev–Trinajstić information content (AvgIpc) is 3.44. The van der Waals surface area contributed by atoms with Gasteiger partial charge in [0.15, 0.2) is 6.10 Å². The van der Waals surface area contributed by atoms with Crippen molar-refractivity contribution >= 4 is 17.9 Å². The first-order valence-electron chi connectivity index (χ1n) is 32.2. The van der Waals surface area contributed by atoms with E-state index in [-0.39, 0.29) is 37.5 Å². The highest BCUT2D eigenvalue weighted by molar-refractivity contribution is 5.71.